The molecule has 1 heterocycles. The molecule has 0 amide bonds. The van der Waals surface area contributed by atoms with Crippen molar-refractivity contribution in [1.82, 2.24) is 4.98 Å². The van der Waals surface area contributed by atoms with Gasteiger partial charge < -0.3 is 4.74 Å². The van der Waals surface area contributed by atoms with Crippen LogP contribution in [0.5, 0.6) is 11.5 Å². The van der Waals surface area contributed by atoms with Gasteiger partial charge in [0.25, 0.3) is 0 Å². The topological polar surface area (TPSA) is 22.1 Å². The van der Waals surface area contributed by atoms with Crippen LogP contribution in [0.1, 0.15) is 17.5 Å². The zero-order valence-electron chi connectivity index (χ0n) is 20.4. The van der Waals surface area contributed by atoms with Crippen LogP contribution >= 0.6 is 0 Å². The van der Waals surface area contributed by atoms with Crippen LogP contribution in [0.25, 0.3) is 49.9 Å². The van der Waals surface area contributed by atoms with Crippen LogP contribution in [-0.4, -0.2) is 4.98 Å². The number of hydrogen-bond acceptors (Lipinski definition) is 2. The Bertz CT molecular complexity index is 1740. The molecule has 0 N–H and O–H groups in total. The molecule has 0 saturated heterocycles. The lowest BCUT2D eigenvalue weighted by molar-refractivity contribution is 0.495. The predicted octanol–water partition coefficient (Wildman–Crippen LogP) is 9.47. The van der Waals surface area contributed by atoms with Crippen molar-refractivity contribution in [3.8, 4) is 33.8 Å². The van der Waals surface area contributed by atoms with Crippen molar-refractivity contribution >= 4 is 27.6 Å². The Morgan fingerprint density at radius 3 is 2.35 bits per heavy atom. The highest BCUT2D eigenvalue weighted by Gasteiger charge is 2.19. The Kier molecular flexibility index (Phi) is 5.29. The second-order valence-corrected chi connectivity index (χ2v) is 9.49. The van der Waals surface area contributed by atoms with Gasteiger partial charge in [0, 0.05) is 34.1 Å². The van der Waals surface area contributed by atoms with Crippen molar-refractivity contribution in [2.45, 2.75) is 12.8 Å². The fourth-order valence-corrected chi connectivity index (χ4v) is 5.51. The lowest BCUT2D eigenvalue weighted by Crippen LogP contribution is -1.96. The molecular weight excluding hydrogens is 450 g/mol. The van der Waals surface area contributed by atoms with E-state index >= 15 is 0 Å². The first-order valence-electron chi connectivity index (χ1n) is 12.8. The maximum absolute atomic E-state index is 6.83. The second-order valence-electron chi connectivity index (χ2n) is 9.49. The lowest BCUT2D eigenvalue weighted by atomic mass is 9.88. The molecule has 0 unspecified atom stereocenters. The van der Waals surface area contributed by atoms with E-state index in [1.807, 2.05) is 24.5 Å². The minimum absolute atomic E-state index is 0.838. The third-order valence-corrected chi connectivity index (χ3v) is 7.27. The third kappa shape index (κ3) is 3.78. The number of hydrogen-bond donors (Lipinski definition) is 0. The van der Waals surface area contributed by atoms with Crippen LogP contribution in [0, 0.1) is 0 Å². The van der Waals surface area contributed by atoms with Gasteiger partial charge in [-0.25, -0.2) is 0 Å². The number of benzene rings is 5. The predicted molar refractivity (Wildman–Crippen MR) is 154 cm³/mol. The quantitative estimate of drug-likeness (QED) is 0.237. The first-order valence-corrected chi connectivity index (χ1v) is 12.8. The standard InChI is InChI=1S/C35H25NO/c1-2-11-25(12-3-1)28-14-8-9-17-33(28)37-35-30-16-7-6-15-29(30)34(32-23-36-21-20-31(32)35)27-19-18-24-10-4-5-13-26(24)22-27/h1-4,6-12,14-23H,5,13H2. The summed E-state index contributed by atoms with van der Waals surface area (Å²) in [5, 5.41) is 4.42. The number of nitrogens with zero attached hydrogens (tertiary/aromatic N) is 1. The Balaban J connectivity index is 1.47. The van der Waals surface area contributed by atoms with Gasteiger partial charge >= 0.3 is 0 Å². The molecule has 2 nitrogen and oxygen atoms in total. The molecule has 1 aliphatic rings. The van der Waals surface area contributed by atoms with Gasteiger partial charge in [0.1, 0.15) is 11.5 Å². The van der Waals surface area contributed by atoms with E-state index in [0.29, 0.717) is 0 Å². The number of aromatic nitrogens is 1. The summed E-state index contributed by atoms with van der Waals surface area (Å²) in [6.45, 7) is 0. The average Bonchev–Trinajstić information content (AvgIpc) is 2.97. The summed E-state index contributed by atoms with van der Waals surface area (Å²) in [6, 6.07) is 36.2. The highest BCUT2D eigenvalue weighted by Crippen LogP contribution is 2.46. The summed E-state index contributed by atoms with van der Waals surface area (Å²) in [5.41, 5.74) is 7.35. The van der Waals surface area contributed by atoms with Crippen LogP contribution in [0.15, 0.2) is 122 Å². The number of allylic oxidation sites excluding steroid dienone is 1. The van der Waals surface area contributed by atoms with Crippen molar-refractivity contribution in [3.63, 3.8) is 0 Å². The SMILES string of the molecule is C1=Cc2ccc(-c3c4ccccc4c(Oc4ccccc4-c4ccccc4)c4ccncc34)cc2CC1. The van der Waals surface area contributed by atoms with Gasteiger partial charge in [-0.2, -0.15) is 0 Å². The van der Waals surface area contributed by atoms with Crippen LogP contribution in [0.3, 0.4) is 0 Å². The van der Waals surface area contributed by atoms with Crippen LogP contribution in [0.2, 0.25) is 0 Å². The number of fused-ring (bicyclic) bond motifs is 3. The van der Waals surface area contributed by atoms with E-state index < -0.39 is 0 Å². The van der Waals surface area contributed by atoms with Crippen molar-refractivity contribution in [1.29, 1.82) is 0 Å². The van der Waals surface area contributed by atoms with Crippen molar-refractivity contribution < 1.29 is 4.74 Å². The van der Waals surface area contributed by atoms with Crippen molar-refractivity contribution in [2.24, 2.45) is 0 Å². The number of rotatable bonds is 4. The Morgan fingerprint density at radius 2 is 1.43 bits per heavy atom. The van der Waals surface area contributed by atoms with E-state index in [-0.39, 0.29) is 0 Å². The van der Waals surface area contributed by atoms with Crippen molar-refractivity contribution in [2.75, 3.05) is 0 Å². The van der Waals surface area contributed by atoms with E-state index in [4.69, 9.17) is 4.74 Å². The summed E-state index contributed by atoms with van der Waals surface area (Å²) in [4.78, 5) is 4.54. The van der Waals surface area contributed by atoms with Gasteiger partial charge in [0.2, 0.25) is 0 Å². The molecule has 7 rings (SSSR count). The summed E-state index contributed by atoms with van der Waals surface area (Å²) < 4.78 is 6.83. The molecule has 176 valence electrons. The maximum Gasteiger partial charge on any atom is 0.143 e. The van der Waals surface area contributed by atoms with Gasteiger partial charge in [0.05, 0.1) is 0 Å². The highest BCUT2D eigenvalue weighted by molar-refractivity contribution is 6.17. The van der Waals surface area contributed by atoms with Gasteiger partial charge in [0.15, 0.2) is 0 Å². The zero-order chi connectivity index (χ0) is 24.6. The molecule has 0 atom stereocenters. The fraction of sp³-hybridized carbons (Fsp3) is 0.0571. The van der Waals surface area contributed by atoms with Crippen molar-refractivity contribution in [3.05, 3.63) is 133 Å². The molecule has 2 heteroatoms. The second kappa shape index (κ2) is 9.07. The summed E-state index contributed by atoms with van der Waals surface area (Å²) in [5.74, 6) is 1.70. The van der Waals surface area contributed by atoms with Gasteiger partial charge in [-0.3, -0.25) is 4.98 Å². The van der Waals surface area contributed by atoms with E-state index in [9.17, 15) is 0 Å². The van der Waals surface area contributed by atoms with Crippen LogP contribution < -0.4 is 4.74 Å². The minimum Gasteiger partial charge on any atom is -0.455 e. The molecule has 0 fully saturated rings. The largest absolute Gasteiger partial charge is 0.455 e. The normalized spacial score (nSPS) is 12.5. The number of aryl methyl sites for hydroxylation is 1. The summed E-state index contributed by atoms with van der Waals surface area (Å²) >= 11 is 0. The number of ether oxygens (including phenoxy) is 1. The Morgan fingerprint density at radius 1 is 0.649 bits per heavy atom. The molecule has 0 radical (unpaired) electrons. The average molecular weight is 476 g/mol. The van der Waals surface area contributed by atoms with Crippen LogP contribution in [0.4, 0.5) is 0 Å². The molecule has 1 aromatic heterocycles. The molecule has 1 aliphatic carbocycles. The van der Waals surface area contributed by atoms with Gasteiger partial charge in [-0.1, -0.05) is 103 Å². The van der Waals surface area contributed by atoms with Gasteiger partial charge in [-0.15, -0.1) is 0 Å². The van der Waals surface area contributed by atoms with E-state index in [0.717, 1.165) is 51.6 Å². The lowest BCUT2D eigenvalue weighted by Gasteiger charge is -2.19. The highest BCUT2D eigenvalue weighted by atomic mass is 16.5. The minimum atomic E-state index is 0.838. The molecule has 5 aromatic carbocycles. The van der Waals surface area contributed by atoms with Crippen LogP contribution in [-0.2, 0) is 6.42 Å². The maximum atomic E-state index is 6.83. The summed E-state index contributed by atoms with van der Waals surface area (Å²) in [7, 11) is 0. The van der Waals surface area contributed by atoms with E-state index in [1.165, 1.54) is 27.6 Å². The van der Waals surface area contributed by atoms with E-state index in [1.54, 1.807) is 0 Å². The monoisotopic (exact) mass is 475 g/mol. The molecular formula is C35H25NO. The number of pyridine rings is 1. The molecule has 0 aliphatic heterocycles. The smallest absolute Gasteiger partial charge is 0.143 e. The van der Waals surface area contributed by atoms with Gasteiger partial charge in [-0.05, 0) is 58.2 Å². The fourth-order valence-electron chi connectivity index (χ4n) is 5.51. The first kappa shape index (κ1) is 21.6. The molecule has 6 aromatic rings. The molecule has 0 spiro atoms. The molecule has 0 bridgehead atoms. The summed E-state index contributed by atoms with van der Waals surface area (Å²) in [6.07, 6.45) is 10.5. The first-order chi connectivity index (χ1) is 18.4. The Labute approximate surface area is 216 Å². The van der Waals surface area contributed by atoms with E-state index in [2.05, 4.69) is 108 Å². The molecule has 37 heavy (non-hydrogen) atoms. The zero-order valence-corrected chi connectivity index (χ0v) is 20.4. The molecule has 0 saturated carbocycles. The third-order valence-electron chi connectivity index (χ3n) is 7.27. The number of para-hydroxylation sites is 1. The Hall–Kier alpha value is -4.69.